The minimum Gasteiger partial charge on any atom is -0.505 e. The molecule has 0 amide bonds. The van der Waals surface area contributed by atoms with Gasteiger partial charge in [-0.25, -0.2) is 9.07 Å². The van der Waals surface area contributed by atoms with E-state index in [1.165, 1.54) is 38.4 Å². The van der Waals surface area contributed by atoms with Crippen molar-refractivity contribution in [2.45, 2.75) is 37.6 Å². The van der Waals surface area contributed by atoms with Gasteiger partial charge in [-0.2, -0.15) is 18.3 Å². The van der Waals surface area contributed by atoms with Crippen LogP contribution in [0.5, 0.6) is 5.75 Å². The van der Waals surface area contributed by atoms with E-state index in [-0.39, 0.29) is 40.4 Å². The smallest absolute Gasteiger partial charge is 0.419 e. The SMILES string of the molecule is CCC1Cc2c(ccc(F)c2O)[C@H](Nc2cccc3c(=O)n(C)ncc23)[C@]1(O)C(F)(F)F. The first-order chi connectivity index (χ1) is 15.0. The molecule has 1 aliphatic carbocycles. The average molecular weight is 451 g/mol. The van der Waals surface area contributed by atoms with Crippen molar-refractivity contribution in [2.75, 3.05) is 5.32 Å². The van der Waals surface area contributed by atoms with Gasteiger partial charge in [0.25, 0.3) is 5.56 Å². The standard InChI is InChI=1S/C22H21F4N3O3/c1-3-11-9-14-12(7-8-16(23)18(14)30)19(21(11,32)22(24,25)26)28-17-6-4-5-13-15(17)10-27-29(2)20(13)31/h4-8,10-11,19,28,30,32H,3,9H2,1-2H3/t11?,19-,21-/m0/s1. The molecule has 6 nitrogen and oxygen atoms in total. The number of anilines is 1. The maximum absolute atomic E-state index is 14.3. The molecule has 4 rings (SSSR count). The second-order valence-electron chi connectivity index (χ2n) is 8.01. The number of aliphatic hydroxyl groups is 1. The van der Waals surface area contributed by atoms with Crippen molar-refractivity contribution in [3.63, 3.8) is 0 Å². The van der Waals surface area contributed by atoms with Crippen LogP contribution in [0.3, 0.4) is 0 Å². The Bertz CT molecular complexity index is 1260. The number of hydrogen-bond acceptors (Lipinski definition) is 5. The first-order valence-electron chi connectivity index (χ1n) is 10.0. The van der Waals surface area contributed by atoms with E-state index in [1.807, 2.05) is 0 Å². The molecule has 0 radical (unpaired) electrons. The van der Waals surface area contributed by atoms with Crippen molar-refractivity contribution in [2.24, 2.45) is 13.0 Å². The fraction of sp³-hybridized carbons (Fsp3) is 0.364. The van der Waals surface area contributed by atoms with E-state index < -0.39 is 40.9 Å². The normalized spacial score (nSPS) is 23.2. The van der Waals surface area contributed by atoms with Gasteiger partial charge in [0.15, 0.2) is 17.2 Å². The Morgan fingerprint density at radius 1 is 1.25 bits per heavy atom. The molecule has 0 spiro atoms. The van der Waals surface area contributed by atoms with Gasteiger partial charge in [0.2, 0.25) is 0 Å². The lowest BCUT2D eigenvalue weighted by Crippen LogP contribution is -2.60. The van der Waals surface area contributed by atoms with Gasteiger partial charge in [0, 0.05) is 29.6 Å². The summed E-state index contributed by atoms with van der Waals surface area (Å²) in [5.41, 5.74) is -3.56. The summed E-state index contributed by atoms with van der Waals surface area (Å²) in [7, 11) is 1.45. The number of hydrogen-bond donors (Lipinski definition) is 3. The third kappa shape index (κ3) is 3.12. The van der Waals surface area contributed by atoms with Crippen molar-refractivity contribution in [3.8, 4) is 5.75 Å². The highest BCUT2D eigenvalue weighted by Gasteiger charge is 2.65. The summed E-state index contributed by atoms with van der Waals surface area (Å²) in [5, 5.41) is 28.5. The summed E-state index contributed by atoms with van der Waals surface area (Å²) < 4.78 is 58.1. The molecule has 1 aromatic heterocycles. The predicted molar refractivity (Wildman–Crippen MR) is 110 cm³/mol. The number of aromatic nitrogens is 2. The fourth-order valence-electron chi connectivity index (χ4n) is 4.56. The summed E-state index contributed by atoms with van der Waals surface area (Å²) in [5.74, 6) is -3.03. The number of rotatable bonds is 3. The first-order valence-corrected chi connectivity index (χ1v) is 10.0. The Hall–Kier alpha value is -3.14. The van der Waals surface area contributed by atoms with Crippen molar-refractivity contribution in [3.05, 3.63) is 63.8 Å². The van der Waals surface area contributed by atoms with Gasteiger partial charge < -0.3 is 15.5 Å². The average Bonchev–Trinajstić information content (AvgIpc) is 2.74. The summed E-state index contributed by atoms with van der Waals surface area (Å²) in [4.78, 5) is 12.4. The van der Waals surface area contributed by atoms with E-state index in [0.717, 1.165) is 16.8 Å². The third-order valence-electron chi connectivity index (χ3n) is 6.33. The quantitative estimate of drug-likeness (QED) is 0.528. The van der Waals surface area contributed by atoms with E-state index in [0.29, 0.717) is 0 Å². The van der Waals surface area contributed by atoms with E-state index in [2.05, 4.69) is 10.4 Å². The Morgan fingerprint density at radius 2 is 1.97 bits per heavy atom. The second-order valence-corrected chi connectivity index (χ2v) is 8.01. The molecular weight excluding hydrogens is 430 g/mol. The number of aryl methyl sites for hydroxylation is 1. The van der Waals surface area contributed by atoms with Crippen molar-refractivity contribution in [1.29, 1.82) is 0 Å². The number of phenolic OH excluding ortho intramolecular Hbond substituents is 1. The van der Waals surface area contributed by atoms with Crippen LogP contribution < -0.4 is 10.9 Å². The molecule has 0 aliphatic heterocycles. The minimum atomic E-state index is -5.04. The van der Waals surface area contributed by atoms with Gasteiger partial charge in [-0.3, -0.25) is 4.79 Å². The van der Waals surface area contributed by atoms with Gasteiger partial charge in [-0.1, -0.05) is 19.1 Å². The third-order valence-corrected chi connectivity index (χ3v) is 6.33. The Morgan fingerprint density at radius 3 is 2.62 bits per heavy atom. The van der Waals surface area contributed by atoms with Crippen LogP contribution in [0.2, 0.25) is 0 Å². The molecule has 170 valence electrons. The Kier molecular flexibility index (Phi) is 5.15. The molecule has 3 N–H and O–H groups in total. The number of nitrogens with one attached hydrogen (secondary N) is 1. The molecule has 1 unspecified atom stereocenters. The van der Waals surface area contributed by atoms with E-state index >= 15 is 0 Å². The number of phenols is 1. The molecule has 2 aromatic carbocycles. The maximum Gasteiger partial charge on any atom is 0.419 e. The fourth-order valence-corrected chi connectivity index (χ4v) is 4.56. The molecule has 0 bridgehead atoms. The highest BCUT2D eigenvalue weighted by molar-refractivity contribution is 5.92. The van der Waals surface area contributed by atoms with Crippen LogP contribution in [0.4, 0.5) is 23.2 Å². The zero-order valence-electron chi connectivity index (χ0n) is 17.2. The molecule has 1 heterocycles. The molecule has 1 aliphatic rings. The molecule has 0 saturated heterocycles. The van der Waals surface area contributed by atoms with E-state index in [9.17, 15) is 32.6 Å². The molecular formula is C22H21F4N3O3. The van der Waals surface area contributed by atoms with Gasteiger partial charge in [0.1, 0.15) is 0 Å². The summed E-state index contributed by atoms with van der Waals surface area (Å²) in [6.45, 7) is 1.49. The number of alkyl halides is 3. The van der Waals surface area contributed by atoms with Gasteiger partial charge in [0.05, 0.1) is 17.6 Å². The van der Waals surface area contributed by atoms with Gasteiger partial charge >= 0.3 is 6.18 Å². The predicted octanol–water partition coefficient (Wildman–Crippen LogP) is 3.81. The van der Waals surface area contributed by atoms with Crippen molar-refractivity contribution >= 4 is 16.5 Å². The highest BCUT2D eigenvalue weighted by Crippen LogP contribution is 2.54. The van der Waals surface area contributed by atoms with Crippen LogP contribution in [-0.2, 0) is 13.5 Å². The molecule has 0 fully saturated rings. The number of aromatic hydroxyl groups is 1. The van der Waals surface area contributed by atoms with Crippen molar-refractivity contribution < 1.29 is 27.8 Å². The molecule has 0 saturated carbocycles. The highest BCUT2D eigenvalue weighted by atomic mass is 19.4. The van der Waals surface area contributed by atoms with Crippen LogP contribution in [0, 0.1) is 11.7 Å². The van der Waals surface area contributed by atoms with Crippen LogP contribution in [0.25, 0.3) is 10.8 Å². The minimum absolute atomic E-state index is 0.0116. The number of benzene rings is 2. The molecule has 32 heavy (non-hydrogen) atoms. The maximum atomic E-state index is 14.3. The summed E-state index contributed by atoms with van der Waals surface area (Å²) in [6.07, 6.45) is -4.11. The van der Waals surface area contributed by atoms with Crippen LogP contribution in [0.1, 0.15) is 30.5 Å². The molecule has 3 atom stereocenters. The van der Waals surface area contributed by atoms with E-state index in [1.54, 1.807) is 0 Å². The first kappa shape index (κ1) is 22.1. The van der Waals surface area contributed by atoms with Crippen LogP contribution in [-0.4, -0.2) is 31.8 Å². The lowest BCUT2D eigenvalue weighted by atomic mass is 9.67. The lowest BCUT2D eigenvalue weighted by Gasteiger charge is -2.47. The molecule has 3 aromatic rings. The molecule has 10 heteroatoms. The van der Waals surface area contributed by atoms with Gasteiger partial charge in [-0.15, -0.1) is 0 Å². The Balaban J connectivity index is 1.96. The summed E-state index contributed by atoms with van der Waals surface area (Å²) >= 11 is 0. The zero-order chi connectivity index (χ0) is 23.4. The van der Waals surface area contributed by atoms with Crippen LogP contribution >= 0.6 is 0 Å². The van der Waals surface area contributed by atoms with Crippen molar-refractivity contribution in [1.82, 2.24) is 9.78 Å². The Labute approximate surface area is 180 Å². The van der Waals surface area contributed by atoms with Crippen LogP contribution in [0.15, 0.2) is 41.3 Å². The number of halogens is 4. The second kappa shape index (κ2) is 7.47. The topological polar surface area (TPSA) is 87.4 Å². The monoisotopic (exact) mass is 451 g/mol. The zero-order valence-corrected chi connectivity index (χ0v) is 17.2. The van der Waals surface area contributed by atoms with E-state index in [4.69, 9.17) is 0 Å². The largest absolute Gasteiger partial charge is 0.505 e. The number of fused-ring (bicyclic) bond motifs is 2. The summed E-state index contributed by atoms with van der Waals surface area (Å²) in [6, 6.07) is 4.73. The lowest BCUT2D eigenvalue weighted by molar-refractivity contribution is -0.289. The number of nitrogens with zero attached hydrogens (tertiary/aromatic N) is 2. The van der Waals surface area contributed by atoms with Gasteiger partial charge in [-0.05, 0) is 36.6 Å².